The number of amides is 2. The summed E-state index contributed by atoms with van der Waals surface area (Å²) in [5, 5.41) is 3.52. The van der Waals surface area contributed by atoms with E-state index in [0.29, 0.717) is 29.3 Å². The normalized spacial score (nSPS) is 10.2. The Kier molecular flexibility index (Phi) is 6.83. The number of aryl methyl sites for hydroxylation is 1. The van der Waals surface area contributed by atoms with Gasteiger partial charge in [0.15, 0.2) is 6.61 Å². The Morgan fingerprint density at radius 2 is 1.68 bits per heavy atom. The molecule has 6 heteroatoms. The minimum absolute atomic E-state index is 0.0141. The van der Waals surface area contributed by atoms with Crippen molar-refractivity contribution in [2.75, 3.05) is 26.0 Å². The summed E-state index contributed by atoms with van der Waals surface area (Å²) in [4.78, 5) is 24.9. The van der Waals surface area contributed by atoms with Crippen molar-refractivity contribution in [1.82, 2.24) is 4.90 Å². The molecule has 0 aliphatic rings. The first-order valence-electron chi connectivity index (χ1n) is 7.91. The molecule has 0 aliphatic carbocycles. The van der Waals surface area contributed by atoms with Crippen LogP contribution >= 0.6 is 11.6 Å². The van der Waals surface area contributed by atoms with E-state index >= 15 is 0 Å². The minimum atomic E-state index is -0.112. The highest BCUT2D eigenvalue weighted by Gasteiger charge is 2.06. The van der Waals surface area contributed by atoms with Gasteiger partial charge in [-0.25, -0.2) is 0 Å². The number of nitrogens with zero attached hydrogens (tertiary/aromatic N) is 1. The molecule has 0 aromatic heterocycles. The molecule has 132 valence electrons. The number of hydrogen-bond donors (Lipinski definition) is 1. The fourth-order valence-electron chi connectivity index (χ4n) is 2.04. The molecule has 0 bridgehead atoms. The van der Waals surface area contributed by atoms with Crippen LogP contribution in [0.2, 0.25) is 5.02 Å². The van der Waals surface area contributed by atoms with Crippen molar-refractivity contribution in [3.05, 3.63) is 59.1 Å². The van der Waals surface area contributed by atoms with E-state index < -0.39 is 0 Å². The molecule has 0 saturated carbocycles. The zero-order valence-electron chi connectivity index (χ0n) is 14.3. The lowest BCUT2D eigenvalue weighted by Gasteiger charge is -2.11. The minimum Gasteiger partial charge on any atom is -0.484 e. The summed E-state index contributed by atoms with van der Waals surface area (Å²) < 4.78 is 5.39. The Morgan fingerprint density at radius 3 is 2.28 bits per heavy atom. The van der Waals surface area contributed by atoms with Crippen LogP contribution in [-0.4, -0.2) is 37.4 Å². The van der Waals surface area contributed by atoms with Gasteiger partial charge < -0.3 is 15.0 Å². The fourth-order valence-corrected chi connectivity index (χ4v) is 2.17. The molecule has 0 atom stereocenters. The van der Waals surface area contributed by atoms with Crippen LogP contribution in [0.1, 0.15) is 12.0 Å². The molecule has 0 radical (unpaired) electrons. The first-order chi connectivity index (χ1) is 11.9. The van der Waals surface area contributed by atoms with E-state index in [1.807, 2.05) is 24.3 Å². The summed E-state index contributed by atoms with van der Waals surface area (Å²) in [5.74, 6) is 0.403. The van der Waals surface area contributed by atoms with E-state index in [-0.39, 0.29) is 18.4 Å². The second-order valence-corrected chi connectivity index (χ2v) is 6.21. The molecule has 0 fully saturated rings. The standard InChI is InChI=1S/C19H21ClN2O3/c1-22(2)19(24)13-25-17-10-8-16(9-11-17)21-18(23)12-5-14-3-6-15(20)7-4-14/h3-4,6-11H,5,12-13H2,1-2H3,(H,21,23). The molecule has 5 nitrogen and oxygen atoms in total. The molecule has 1 N–H and O–H groups in total. The molecule has 2 rings (SSSR count). The molecule has 0 spiro atoms. The van der Waals surface area contributed by atoms with E-state index in [0.717, 1.165) is 5.56 Å². The third-order valence-electron chi connectivity index (χ3n) is 3.55. The lowest BCUT2D eigenvalue weighted by atomic mass is 10.1. The van der Waals surface area contributed by atoms with Gasteiger partial charge in [-0.3, -0.25) is 9.59 Å². The predicted octanol–water partition coefficient (Wildman–Crippen LogP) is 3.38. The smallest absolute Gasteiger partial charge is 0.259 e. The Bertz CT molecular complexity index is 712. The van der Waals surface area contributed by atoms with E-state index in [2.05, 4.69) is 5.32 Å². The topological polar surface area (TPSA) is 58.6 Å². The molecule has 0 saturated heterocycles. The number of carbonyl (C=O) groups is 2. The molecular weight excluding hydrogens is 340 g/mol. The summed E-state index contributed by atoms with van der Waals surface area (Å²) >= 11 is 5.84. The van der Waals surface area contributed by atoms with Gasteiger partial charge in [0.25, 0.3) is 5.91 Å². The summed E-state index contributed by atoms with van der Waals surface area (Å²) in [6, 6.07) is 14.4. The lowest BCUT2D eigenvalue weighted by molar-refractivity contribution is -0.130. The fraction of sp³-hybridized carbons (Fsp3) is 0.263. The highest BCUT2D eigenvalue weighted by Crippen LogP contribution is 2.16. The highest BCUT2D eigenvalue weighted by molar-refractivity contribution is 6.30. The van der Waals surface area contributed by atoms with E-state index in [9.17, 15) is 9.59 Å². The zero-order chi connectivity index (χ0) is 18.2. The third kappa shape index (κ3) is 6.47. The van der Waals surface area contributed by atoms with E-state index in [1.165, 1.54) is 4.90 Å². The van der Waals surface area contributed by atoms with Gasteiger partial charge in [-0.15, -0.1) is 0 Å². The number of rotatable bonds is 7. The van der Waals surface area contributed by atoms with Crippen LogP contribution in [0.15, 0.2) is 48.5 Å². The lowest BCUT2D eigenvalue weighted by Crippen LogP contribution is -2.27. The molecular formula is C19H21ClN2O3. The van der Waals surface area contributed by atoms with Crippen LogP contribution in [0.25, 0.3) is 0 Å². The number of anilines is 1. The number of ether oxygens (including phenoxy) is 1. The summed E-state index contributed by atoms with van der Waals surface area (Å²) in [7, 11) is 3.35. The predicted molar refractivity (Wildman–Crippen MR) is 99.0 cm³/mol. The maximum absolute atomic E-state index is 12.0. The van der Waals surface area contributed by atoms with Gasteiger partial charge in [0.1, 0.15) is 5.75 Å². The van der Waals surface area contributed by atoms with E-state index in [1.54, 1.807) is 38.4 Å². The van der Waals surface area contributed by atoms with Gasteiger partial charge in [-0.05, 0) is 48.4 Å². The third-order valence-corrected chi connectivity index (χ3v) is 3.81. The highest BCUT2D eigenvalue weighted by atomic mass is 35.5. The van der Waals surface area contributed by atoms with Gasteiger partial charge in [-0.1, -0.05) is 23.7 Å². The van der Waals surface area contributed by atoms with Gasteiger partial charge in [0.05, 0.1) is 0 Å². The molecule has 2 amide bonds. The monoisotopic (exact) mass is 360 g/mol. The summed E-state index contributed by atoms with van der Waals surface area (Å²) in [5.41, 5.74) is 1.75. The maximum Gasteiger partial charge on any atom is 0.259 e. The number of likely N-dealkylation sites (N-methyl/N-ethyl adjacent to an activating group) is 1. The van der Waals surface area contributed by atoms with Crippen LogP contribution in [0.5, 0.6) is 5.75 Å². The number of carbonyl (C=O) groups excluding carboxylic acids is 2. The van der Waals surface area contributed by atoms with Gasteiger partial charge >= 0.3 is 0 Å². The van der Waals surface area contributed by atoms with Crippen LogP contribution in [0.4, 0.5) is 5.69 Å². The van der Waals surface area contributed by atoms with Crippen molar-refractivity contribution >= 4 is 29.1 Å². The van der Waals surface area contributed by atoms with Crippen LogP contribution in [0, 0.1) is 0 Å². The van der Waals surface area contributed by atoms with Gasteiger partial charge in [0.2, 0.25) is 5.91 Å². The van der Waals surface area contributed by atoms with Crippen LogP contribution in [-0.2, 0) is 16.0 Å². The zero-order valence-corrected chi connectivity index (χ0v) is 15.0. The number of hydrogen-bond acceptors (Lipinski definition) is 3. The van der Waals surface area contributed by atoms with Crippen molar-refractivity contribution in [1.29, 1.82) is 0 Å². The Hall–Kier alpha value is -2.53. The molecule has 2 aromatic rings. The first-order valence-corrected chi connectivity index (χ1v) is 8.29. The number of nitrogens with one attached hydrogen (secondary N) is 1. The largest absolute Gasteiger partial charge is 0.484 e. The quantitative estimate of drug-likeness (QED) is 0.823. The average Bonchev–Trinajstić information content (AvgIpc) is 2.60. The average molecular weight is 361 g/mol. The Labute approximate surface area is 152 Å². The number of halogens is 1. The molecule has 25 heavy (non-hydrogen) atoms. The van der Waals surface area contributed by atoms with E-state index in [4.69, 9.17) is 16.3 Å². The van der Waals surface area contributed by atoms with Crippen molar-refractivity contribution < 1.29 is 14.3 Å². The van der Waals surface area contributed by atoms with Gasteiger partial charge in [0, 0.05) is 31.2 Å². The van der Waals surface area contributed by atoms with Crippen LogP contribution in [0.3, 0.4) is 0 Å². The maximum atomic E-state index is 12.0. The molecule has 0 heterocycles. The Balaban J connectivity index is 1.78. The van der Waals surface area contributed by atoms with Crippen molar-refractivity contribution in [3.8, 4) is 5.75 Å². The van der Waals surface area contributed by atoms with Crippen molar-refractivity contribution in [2.45, 2.75) is 12.8 Å². The summed E-state index contributed by atoms with van der Waals surface area (Å²) in [6.45, 7) is -0.0141. The molecule has 0 unspecified atom stereocenters. The molecule has 2 aromatic carbocycles. The Morgan fingerprint density at radius 1 is 1.04 bits per heavy atom. The SMILES string of the molecule is CN(C)C(=O)COc1ccc(NC(=O)CCc2ccc(Cl)cc2)cc1. The second-order valence-electron chi connectivity index (χ2n) is 5.78. The molecule has 0 aliphatic heterocycles. The second kappa shape index (κ2) is 9.08. The van der Waals surface area contributed by atoms with Gasteiger partial charge in [-0.2, -0.15) is 0 Å². The first kappa shape index (κ1) is 18.8. The van der Waals surface area contributed by atoms with Crippen molar-refractivity contribution in [2.24, 2.45) is 0 Å². The number of benzene rings is 2. The van der Waals surface area contributed by atoms with Crippen LogP contribution < -0.4 is 10.1 Å². The summed E-state index contributed by atoms with van der Waals surface area (Å²) in [6.07, 6.45) is 1.04. The van der Waals surface area contributed by atoms with Crippen molar-refractivity contribution in [3.63, 3.8) is 0 Å².